The Balaban J connectivity index is 2.11. The summed E-state index contributed by atoms with van der Waals surface area (Å²) in [5, 5.41) is 14.4. The van der Waals surface area contributed by atoms with Crippen LogP contribution >= 0.6 is 11.3 Å². The van der Waals surface area contributed by atoms with Crippen LogP contribution in [0.5, 0.6) is 5.75 Å². The molecule has 0 spiro atoms. The number of hydrogen-bond acceptors (Lipinski definition) is 5. The highest BCUT2D eigenvalue weighted by Gasteiger charge is 2.11. The SMILES string of the molecule is CC(C)c1csc(NC(=O)c2cncc(O)c2)n1. The molecule has 2 rings (SSSR count). The smallest absolute Gasteiger partial charge is 0.259 e. The van der Waals surface area contributed by atoms with Gasteiger partial charge in [0.25, 0.3) is 5.91 Å². The molecule has 0 radical (unpaired) electrons. The summed E-state index contributed by atoms with van der Waals surface area (Å²) in [6.07, 6.45) is 2.67. The van der Waals surface area contributed by atoms with Gasteiger partial charge in [0, 0.05) is 11.6 Å². The molecule has 5 nitrogen and oxygen atoms in total. The molecule has 94 valence electrons. The number of rotatable bonds is 3. The topological polar surface area (TPSA) is 75.1 Å². The number of aromatic nitrogens is 2. The van der Waals surface area contributed by atoms with Gasteiger partial charge in [-0.3, -0.25) is 15.1 Å². The van der Waals surface area contributed by atoms with Gasteiger partial charge in [-0.05, 0) is 12.0 Å². The van der Waals surface area contributed by atoms with Crippen molar-refractivity contribution in [2.75, 3.05) is 5.32 Å². The highest BCUT2D eigenvalue weighted by Crippen LogP contribution is 2.22. The van der Waals surface area contributed by atoms with Crippen LogP contribution in [0, 0.1) is 0 Å². The fourth-order valence-electron chi connectivity index (χ4n) is 1.33. The van der Waals surface area contributed by atoms with Gasteiger partial charge >= 0.3 is 0 Å². The average molecular weight is 263 g/mol. The highest BCUT2D eigenvalue weighted by atomic mass is 32.1. The van der Waals surface area contributed by atoms with Crippen LogP contribution in [0.1, 0.15) is 35.8 Å². The molecule has 0 fully saturated rings. The van der Waals surface area contributed by atoms with Crippen LogP contribution in [0.25, 0.3) is 0 Å². The first kappa shape index (κ1) is 12.5. The predicted octanol–water partition coefficient (Wildman–Crippen LogP) is 2.62. The minimum atomic E-state index is -0.331. The number of carbonyl (C=O) groups excluding carboxylic acids is 1. The van der Waals surface area contributed by atoms with E-state index in [1.165, 1.54) is 29.8 Å². The molecule has 2 N–H and O–H groups in total. The van der Waals surface area contributed by atoms with Crippen molar-refractivity contribution < 1.29 is 9.90 Å². The Morgan fingerprint density at radius 2 is 2.22 bits per heavy atom. The van der Waals surface area contributed by atoms with E-state index in [0.29, 0.717) is 16.6 Å². The van der Waals surface area contributed by atoms with E-state index in [0.717, 1.165) is 5.69 Å². The third-order valence-electron chi connectivity index (χ3n) is 2.32. The number of thiazole rings is 1. The number of nitrogens with one attached hydrogen (secondary N) is 1. The second kappa shape index (κ2) is 5.14. The Morgan fingerprint density at radius 3 is 2.83 bits per heavy atom. The third kappa shape index (κ3) is 2.84. The molecule has 0 saturated heterocycles. The number of nitrogens with zero attached hydrogens (tertiary/aromatic N) is 2. The van der Waals surface area contributed by atoms with E-state index in [4.69, 9.17) is 0 Å². The minimum Gasteiger partial charge on any atom is -0.506 e. The number of hydrogen-bond donors (Lipinski definition) is 2. The summed E-state index contributed by atoms with van der Waals surface area (Å²) in [5.41, 5.74) is 1.25. The zero-order valence-corrected chi connectivity index (χ0v) is 10.9. The first-order chi connectivity index (χ1) is 8.56. The second-order valence-electron chi connectivity index (χ2n) is 4.12. The molecule has 0 unspecified atom stereocenters. The van der Waals surface area contributed by atoms with Gasteiger partial charge in [-0.15, -0.1) is 11.3 Å². The summed E-state index contributed by atoms with van der Waals surface area (Å²) in [6, 6.07) is 1.36. The standard InChI is InChI=1S/C12H13N3O2S/c1-7(2)10-6-18-12(14-10)15-11(17)8-3-9(16)5-13-4-8/h3-7,16H,1-2H3,(H,14,15,17). The molecule has 18 heavy (non-hydrogen) atoms. The van der Waals surface area contributed by atoms with Crippen molar-refractivity contribution in [1.29, 1.82) is 0 Å². The molecule has 0 atom stereocenters. The van der Waals surface area contributed by atoms with Crippen molar-refractivity contribution >= 4 is 22.4 Å². The summed E-state index contributed by atoms with van der Waals surface area (Å²) < 4.78 is 0. The van der Waals surface area contributed by atoms with Crippen LogP contribution in [0.3, 0.4) is 0 Å². The van der Waals surface area contributed by atoms with E-state index >= 15 is 0 Å². The van der Waals surface area contributed by atoms with Gasteiger partial charge in [-0.1, -0.05) is 13.8 Å². The van der Waals surface area contributed by atoms with E-state index in [9.17, 15) is 9.90 Å². The van der Waals surface area contributed by atoms with E-state index in [1.54, 1.807) is 0 Å². The first-order valence-electron chi connectivity index (χ1n) is 5.47. The van der Waals surface area contributed by atoms with E-state index in [2.05, 4.69) is 15.3 Å². The van der Waals surface area contributed by atoms with Crippen molar-refractivity contribution in [2.45, 2.75) is 19.8 Å². The molecule has 0 aromatic carbocycles. The fourth-order valence-corrected chi connectivity index (χ4v) is 2.20. The molecule has 6 heteroatoms. The summed E-state index contributed by atoms with van der Waals surface area (Å²) in [7, 11) is 0. The number of carbonyl (C=O) groups is 1. The monoisotopic (exact) mass is 263 g/mol. The molecule has 2 aromatic heterocycles. The Hall–Kier alpha value is -1.95. The summed E-state index contributed by atoms with van der Waals surface area (Å²) in [4.78, 5) is 19.9. The lowest BCUT2D eigenvalue weighted by Crippen LogP contribution is -2.12. The molecule has 0 bridgehead atoms. The molecule has 0 saturated carbocycles. The van der Waals surface area contributed by atoms with Crippen molar-refractivity contribution in [3.05, 3.63) is 35.1 Å². The van der Waals surface area contributed by atoms with Crippen molar-refractivity contribution in [3.63, 3.8) is 0 Å². The quantitative estimate of drug-likeness (QED) is 0.892. The normalized spacial score (nSPS) is 10.6. The zero-order chi connectivity index (χ0) is 13.1. The predicted molar refractivity (Wildman–Crippen MR) is 70.1 cm³/mol. The van der Waals surface area contributed by atoms with Gasteiger partial charge in [0.2, 0.25) is 0 Å². The maximum absolute atomic E-state index is 11.8. The first-order valence-corrected chi connectivity index (χ1v) is 6.35. The Labute approximate surface area is 109 Å². The van der Waals surface area contributed by atoms with Gasteiger partial charge in [-0.2, -0.15) is 0 Å². The van der Waals surface area contributed by atoms with Crippen LogP contribution in [-0.2, 0) is 0 Å². The number of aromatic hydroxyl groups is 1. The Kier molecular flexibility index (Phi) is 3.57. The molecule has 1 amide bonds. The molecule has 2 aromatic rings. The maximum atomic E-state index is 11.8. The summed E-state index contributed by atoms with van der Waals surface area (Å²) in [6.45, 7) is 4.08. The fraction of sp³-hybridized carbons (Fsp3) is 0.250. The van der Waals surface area contributed by atoms with Gasteiger partial charge in [0.05, 0.1) is 17.5 Å². The van der Waals surface area contributed by atoms with Crippen LogP contribution in [0.15, 0.2) is 23.8 Å². The second-order valence-corrected chi connectivity index (χ2v) is 4.98. The Bertz CT molecular complexity index is 566. The lowest BCUT2D eigenvalue weighted by atomic mass is 10.2. The van der Waals surface area contributed by atoms with Gasteiger partial charge in [0.1, 0.15) is 5.75 Å². The molecular weight excluding hydrogens is 250 g/mol. The molecule has 0 aliphatic rings. The van der Waals surface area contributed by atoms with E-state index in [1.807, 2.05) is 19.2 Å². The van der Waals surface area contributed by atoms with Gasteiger partial charge < -0.3 is 5.11 Å². The highest BCUT2D eigenvalue weighted by molar-refractivity contribution is 7.14. The summed E-state index contributed by atoms with van der Waals surface area (Å²) in [5.74, 6) is -0.0398. The maximum Gasteiger partial charge on any atom is 0.259 e. The molecule has 0 aliphatic heterocycles. The van der Waals surface area contributed by atoms with Gasteiger partial charge in [-0.25, -0.2) is 4.98 Å². The Morgan fingerprint density at radius 1 is 1.44 bits per heavy atom. The van der Waals surface area contributed by atoms with E-state index in [-0.39, 0.29) is 11.7 Å². The van der Waals surface area contributed by atoms with Crippen LogP contribution in [-0.4, -0.2) is 21.0 Å². The van der Waals surface area contributed by atoms with Crippen molar-refractivity contribution in [2.24, 2.45) is 0 Å². The molecule has 0 aliphatic carbocycles. The number of anilines is 1. The largest absolute Gasteiger partial charge is 0.506 e. The van der Waals surface area contributed by atoms with Crippen LogP contribution in [0.2, 0.25) is 0 Å². The van der Waals surface area contributed by atoms with Crippen LogP contribution in [0.4, 0.5) is 5.13 Å². The molecule has 2 heterocycles. The third-order valence-corrected chi connectivity index (χ3v) is 3.10. The number of amides is 1. The lowest BCUT2D eigenvalue weighted by Gasteiger charge is -2.02. The van der Waals surface area contributed by atoms with Crippen LogP contribution < -0.4 is 5.32 Å². The summed E-state index contributed by atoms with van der Waals surface area (Å²) >= 11 is 1.38. The van der Waals surface area contributed by atoms with Crippen molar-refractivity contribution in [1.82, 2.24) is 9.97 Å². The number of pyridine rings is 1. The zero-order valence-electron chi connectivity index (χ0n) is 10.0. The minimum absolute atomic E-state index is 0.0374. The molecular formula is C12H13N3O2S. The van der Waals surface area contributed by atoms with E-state index < -0.39 is 0 Å². The van der Waals surface area contributed by atoms with Gasteiger partial charge in [0.15, 0.2) is 5.13 Å². The van der Waals surface area contributed by atoms with Crippen molar-refractivity contribution in [3.8, 4) is 5.75 Å². The average Bonchev–Trinajstić information content (AvgIpc) is 2.77. The lowest BCUT2D eigenvalue weighted by molar-refractivity contribution is 0.102.